The van der Waals surface area contributed by atoms with E-state index in [1.54, 1.807) is 0 Å². The van der Waals surface area contributed by atoms with Gasteiger partial charge in [0.2, 0.25) is 5.91 Å². The van der Waals surface area contributed by atoms with Crippen molar-refractivity contribution in [3.8, 4) is 0 Å². The molecule has 0 aromatic carbocycles. The van der Waals surface area contributed by atoms with Gasteiger partial charge in [0.1, 0.15) is 0 Å². The predicted molar refractivity (Wildman–Crippen MR) is 86.3 cm³/mol. The summed E-state index contributed by atoms with van der Waals surface area (Å²) in [6.07, 6.45) is 9.93. The third kappa shape index (κ3) is 5.25. The van der Waals surface area contributed by atoms with E-state index in [-0.39, 0.29) is 18.3 Å². The van der Waals surface area contributed by atoms with Crippen LogP contribution in [0.4, 0.5) is 0 Å². The molecule has 0 spiro atoms. The maximum atomic E-state index is 12.3. The molecule has 1 amide bonds. The van der Waals surface area contributed by atoms with Gasteiger partial charge < -0.3 is 10.6 Å². The number of nitrogens with one attached hydrogen (secondary N) is 2. The first kappa shape index (κ1) is 17.8. The van der Waals surface area contributed by atoms with E-state index < -0.39 is 0 Å². The average Bonchev–Trinajstić information content (AvgIpc) is 2.61. The van der Waals surface area contributed by atoms with Gasteiger partial charge in [-0.2, -0.15) is 0 Å². The van der Waals surface area contributed by atoms with Gasteiger partial charge in [0.25, 0.3) is 0 Å². The van der Waals surface area contributed by atoms with Crippen LogP contribution in [0.3, 0.4) is 0 Å². The molecule has 1 heterocycles. The van der Waals surface area contributed by atoms with Crippen LogP contribution in [-0.2, 0) is 4.79 Å². The highest BCUT2D eigenvalue weighted by Gasteiger charge is 2.29. The summed E-state index contributed by atoms with van der Waals surface area (Å²) in [6.45, 7) is 6.39. The molecule has 0 aromatic rings. The molecule has 20 heavy (non-hydrogen) atoms. The zero-order valence-corrected chi connectivity index (χ0v) is 13.9. The number of hydrogen-bond donors (Lipinski definition) is 2. The highest BCUT2D eigenvalue weighted by atomic mass is 35.5. The summed E-state index contributed by atoms with van der Waals surface area (Å²) in [5.74, 6) is 0.518. The molecule has 0 unspecified atom stereocenters. The monoisotopic (exact) mass is 302 g/mol. The van der Waals surface area contributed by atoms with Crippen LogP contribution in [-0.4, -0.2) is 25.0 Å². The van der Waals surface area contributed by atoms with Crippen molar-refractivity contribution in [2.45, 2.75) is 71.3 Å². The van der Waals surface area contributed by atoms with Crippen LogP contribution in [0.5, 0.6) is 0 Å². The first-order valence-electron chi connectivity index (χ1n) is 8.10. The van der Waals surface area contributed by atoms with Crippen molar-refractivity contribution < 1.29 is 4.79 Å². The minimum Gasteiger partial charge on any atom is -0.355 e. The first-order valence-corrected chi connectivity index (χ1v) is 8.10. The number of amides is 1. The van der Waals surface area contributed by atoms with Crippen LogP contribution < -0.4 is 10.6 Å². The quantitative estimate of drug-likeness (QED) is 0.786. The van der Waals surface area contributed by atoms with E-state index in [0.717, 1.165) is 25.9 Å². The molecule has 1 aliphatic carbocycles. The van der Waals surface area contributed by atoms with Crippen LogP contribution in [0, 0.1) is 11.3 Å². The molecule has 4 heteroatoms. The maximum Gasteiger partial charge on any atom is 0.223 e. The van der Waals surface area contributed by atoms with E-state index in [1.807, 2.05) is 0 Å². The molecule has 0 aromatic heterocycles. The van der Waals surface area contributed by atoms with E-state index in [0.29, 0.717) is 17.4 Å². The number of carbonyl (C=O) groups excluding carboxylic acids is 1. The van der Waals surface area contributed by atoms with Crippen LogP contribution in [0.15, 0.2) is 0 Å². The molecule has 2 atom stereocenters. The van der Waals surface area contributed by atoms with E-state index in [9.17, 15) is 4.79 Å². The molecule has 118 valence electrons. The molecule has 2 fully saturated rings. The molecule has 2 aliphatic rings. The summed E-state index contributed by atoms with van der Waals surface area (Å²) in [7, 11) is 0. The van der Waals surface area contributed by atoms with Gasteiger partial charge in [-0.3, -0.25) is 4.79 Å². The molecular weight excluding hydrogens is 272 g/mol. The standard InChI is InChI=1S/C16H30N2O.ClH/c1-13-11-14(7-10-17-13)15(19)18-12-16(2)8-5-3-4-6-9-16;/h13-14,17H,3-12H2,1-2H3,(H,18,19);1H/t13-,14-;/m0./s1. The smallest absolute Gasteiger partial charge is 0.223 e. The lowest BCUT2D eigenvalue weighted by molar-refractivity contribution is -0.126. The summed E-state index contributed by atoms with van der Waals surface area (Å²) in [5.41, 5.74) is 0.338. The van der Waals surface area contributed by atoms with Crippen LogP contribution >= 0.6 is 12.4 Å². The number of piperidine rings is 1. The average molecular weight is 303 g/mol. The Labute approximate surface area is 130 Å². The number of rotatable bonds is 3. The van der Waals surface area contributed by atoms with Crippen LogP contribution in [0.2, 0.25) is 0 Å². The second-order valence-electron chi connectivity index (χ2n) is 7.02. The van der Waals surface area contributed by atoms with Crippen molar-refractivity contribution in [3.05, 3.63) is 0 Å². The van der Waals surface area contributed by atoms with E-state index >= 15 is 0 Å². The largest absolute Gasteiger partial charge is 0.355 e. The van der Waals surface area contributed by atoms with Crippen molar-refractivity contribution >= 4 is 18.3 Å². The molecule has 0 radical (unpaired) electrons. The molecule has 2 N–H and O–H groups in total. The fourth-order valence-corrected chi connectivity index (χ4v) is 3.57. The third-order valence-electron chi connectivity index (χ3n) is 4.99. The van der Waals surface area contributed by atoms with Crippen molar-refractivity contribution in [3.63, 3.8) is 0 Å². The van der Waals surface area contributed by atoms with Gasteiger partial charge >= 0.3 is 0 Å². The highest BCUT2D eigenvalue weighted by Crippen LogP contribution is 2.33. The zero-order chi connectivity index (χ0) is 13.7. The Balaban J connectivity index is 0.00000200. The lowest BCUT2D eigenvalue weighted by atomic mass is 9.82. The van der Waals surface area contributed by atoms with Crippen molar-refractivity contribution in [1.29, 1.82) is 0 Å². The van der Waals surface area contributed by atoms with Gasteiger partial charge in [-0.25, -0.2) is 0 Å². The number of hydrogen-bond acceptors (Lipinski definition) is 2. The predicted octanol–water partition coefficient (Wildman–Crippen LogP) is 3.27. The lowest BCUT2D eigenvalue weighted by Gasteiger charge is -2.31. The minimum absolute atomic E-state index is 0. The molecule has 2 rings (SSSR count). The summed E-state index contributed by atoms with van der Waals surface area (Å²) in [4.78, 5) is 12.3. The minimum atomic E-state index is 0. The normalized spacial score (nSPS) is 29.9. The Kier molecular flexibility index (Phi) is 7.32. The Morgan fingerprint density at radius 2 is 1.90 bits per heavy atom. The molecule has 1 saturated carbocycles. The third-order valence-corrected chi connectivity index (χ3v) is 4.99. The molecular formula is C16H31ClN2O. The highest BCUT2D eigenvalue weighted by molar-refractivity contribution is 5.85. The van der Waals surface area contributed by atoms with Crippen molar-refractivity contribution in [2.24, 2.45) is 11.3 Å². The van der Waals surface area contributed by atoms with E-state index in [1.165, 1.54) is 38.5 Å². The summed E-state index contributed by atoms with van der Waals surface area (Å²) < 4.78 is 0. The maximum absolute atomic E-state index is 12.3. The summed E-state index contributed by atoms with van der Waals surface area (Å²) in [6, 6.07) is 0.484. The van der Waals surface area contributed by atoms with Gasteiger partial charge in [-0.15, -0.1) is 12.4 Å². The second kappa shape index (κ2) is 8.23. The van der Waals surface area contributed by atoms with Crippen LogP contribution in [0.1, 0.15) is 65.2 Å². The molecule has 3 nitrogen and oxygen atoms in total. The van der Waals surface area contributed by atoms with Crippen molar-refractivity contribution in [1.82, 2.24) is 10.6 Å². The van der Waals surface area contributed by atoms with Gasteiger partial charge in [0.15, 0.2) is 0 Å². The first-order chi connectivity index (χ1) is 9.09. The van der Waals surface area contributed by atoms with Gasteiger partial charge in [0, 0.05) is 18.5 Å². The van der Waals surface area contributed by atoms with Gasteiger partial charge in [-0.1, -0.05) is 32.6 Å². The Morgan fingerprint density at radius 3 is 2.50 bits per heavy atom. The second-order valence-corrected chi connectivity index (χ2v) is 7.02. The van der Waals surface area contributed by atoms with Gasteiger partial charge in [0.05, 0.1) is 0 Å². The Morgan fingerprint density at radius 1 is 1.25 bits per heavy atom. The van der Waals surface area contributed by atoms with Crippen molar-refractivity contribution in [2.75, 3.05) is 13.1 Å². The van der Waals surface area contributed by atoms with E-state index in [4.69, 9.17) is 0 Å². The number of carbonyl (C=O) groups is 1. The zero-order valence-electron chi connectivity index (χ0n) is 13.0. The Bertz CT molecular complexity index is 301. The van der Waals surface area contributed by atoms with E-state index in [2.05, 4.69) is 24.5 Å². The fraction of sp³-hybridized carbons (Fsp3) is 0.938. The summed E-state index contributed by atoms with van der Waals surface area (Å²) in [5, 5.41) is 6.65. The van der Waals surface area contributed by atoms with Crippen LogP contribution in [0.25, 0.3) is 0 Å². The fourth-order valence-electron chi connectivity index (χ4n) is 3.57. The SMILES string of the molecule is C[C@H]1C[C@@H](C(=O)NCC2(C)CCCCCC2)CCN1.Cl. The molecule has 1 aliphatic heterocycles. The summed E-state index contributed by atoms with van der Waals surface area (Å²) >= 11 is 0. The topological polar surface area (TPSA) is 41.1 Å². The Hall–Kier alpha value is -0.280. The molecule has 1 saturated heterocycles. The molecule has 0 bridgehead atoms. The number of halogens is 1. The lowest BCUT2D eigenvalue weighted by Crippen LogP contribution is -2.44. The van der Waals surface area contributed by atoms with Gasteiger partial charge in [-0.05, 0) is 44.6 Å².